The van der Waals surface area contributed by atoms with Crippen LogP contribution in [0.1, 0.15) is 54.9 Å². The summed E-state index contributed by atoms with van der Waals surface area (Å²) in [6.07, 6.45) is 11.1. The van der Waals surface area contributed by atoms with Crippen LogP contribution in [0.2, 0.25) is 5.02 Å². The van der Waals surface area contributed by atoms with E-state index in [1.54, 1.807) is 13.2 Å². The van der Waals surface area contributed by atoms with Gasteiger partial charge in [0.2, 0.25) is 5.91 Å². The fourth-order valence-corrected chi connectivity index (χ4v) is 6.69. The number of aryl methyl sites for hydroxylation is 1. The molecule has 0 radical (unpaired) electrons. The molecule has 1 amide bonds. The van der Waals surface area contributed by atoms with E-state index in [0.29, 0.717) is 35.8 Å². The van der Waals surface area contributed by atoms with Crippen molar-refractivity contribution in [3.05, 3.63) is 70.8 Å². The third-order valence-corrected chi connectivity index (χ3v) is 9.64. The van der Waals surface area contributed by atoms with Gasteiger partial charge in [-0.15, -0.1) is 0 Å². The summed E-state index contributed by atoms with van der Waals surface area (Å²) < 4.78 is 17.4. The van der Waals surface area contributed by atoms with Crippen molar-refractivity contribution in [3.8, 4) is 5.75 Å². The number of primary amides is 1. The molecule has 2 aromatic rings. The highest BCUT2D eigenvalue weighted by atomic mass is 35.5. The van der Waals surface area contributed by atoms with Gasteiger partial charge in [0.25, 0.3) is 0 Å². The first-order valence-electron chi connectivity index (χ1n) is 14.8. The Morgan fingerprint density at radius 1 is 1.24 bits per heavy atom. The maximum atomic E-state index is 12.0. The molecule has 1 heterocycles. The fourth-order valence-electron chi connectivity index (χ4n) is 5.98. The Balaban J connectivity index is 1.43. The molecule has 2 aromatic carbocycles. The SMILES string of the molecule is COSC[C@@H](C)C/C=C/[C@H](OC)[C@@H]1CC[C@H]1CN1CC(CCCc2cccc(Cl)c2)COc2ccc(C(N)=O)cc21. The lowest BCUT2D eigenvalue weighted by molar-refractivity contribution is 0.0133. The van der Waals surface area contributed by atoms with E-state index < -0.39 is 5.91 Å². The fraction of sp³-hybridized carbons (Fsp3) is 0.545. The Morgan fingerprint density at radius 3 is 2.80 bits per heavy atom. The molecular weight excluding hydrogens is 556 g/mol. The highest BCUT2D eigenvalue weighted by Gasteiger charge is 2.38. The van der Waals surface area contributed by atoms with Gasteiger partial charge in [-0.05, 0) is 104 Å². The minimum Gasteiger partial charge on any atom is -0.491 e. The number of ether oxygens (including phenoxy) is 2. The number of fused-ring (bicyclic) bond motifs is 1. The number of methoxy groups -OCH3 is 1. The molecule has 0 saturated heterocycles. The van der Waals surface area contributed by atoms with Crippen LogP contribution in [-0.4, -0.2) is 51.7 Å². The van der Waals surface area contributed by atoms with Crippen molar-refractivity contribution in [2.24, 2.45) is 29.4 Å². The Bertz CT molecular complexity index is 1160. The van der Waals surface area contributed by atoms with Crippen LogP contribution in [0, 0.1) is 23.7 Å². The largest absolute Gasteiger partial charge is 0.491 e. The Labute approximate surface area is 255 Å². The van der Waals surface area contributed by atoms with Gasteiger partial charge in [-0.25, -0.2) is 0 Å². The molecule has 1 aliphatic heterocycles. The van der Waals surface area contributed by atoms with Crippen LogP contribution in [-0.2, 0) is 15.3 Å². The zero-order chi connectivity index (χ0) is 29.2. The number of nitrogens with two attached hydrogens (primary N) is 1. The topological polar surface area (TPSA) is 74.0 Å². The van der Waals surface area contributed by atoms with Gasteiger partial charge in [-0.1, -0.05) is 42.8 Å². The van der Waals surface area contributed by atoms with Gasteiger partial charge in [0.05, 0.1) is 25.5 Å². The standard InChI is InChI=1S/C33H45ClN2O4S/c1-23(22-41-39-3)7-4-12-31(38-2)29-15-13-27(29)20-36-19-25(10-5-8-24-9-6-11-28(34)17-24)21-40-32-16-14-26(33(35)37)18-30(32)36/h4,6,9,11-12,14,16-18,23,25,27,29,31H,5,7-8,10,13,15,19-22H2,1-3H3,(H2,35,37)/b12-4+/t23-,25?,27-,29+,31-/m0/s1. The summed E-state index contributed by atoms with van der Waals surface area (Å²) in [4.78, 5) is 14.5. The Kier molecular flexibility index (Phi) is 12.3. The number of anilines is 1. The van der Waals surface area contributed by atoms with Crippen LogP contribution in [0.25, 0.3) is 0 Å². The second-order valence-corrected chi connectivity index (χ2v) is 12.9. The van der Waals surface area contributed by atoms with Gasteiger partial charge in [-0.2, -0.15) is 0 Å². The molecule has 0 spiro atoms. The lowest BCUT2D eigenvalue weighted by atomic mass is 9.70. The quantitative estimate of drug-likeness (QED) is 0.172. The molecule has 1 aliphatic carbocycles. The molecule has 1 fully saturated rings. The van der Waals surface area contributed by atoms with Gasteiger partial charge in [0, 0.05) is 42.5 Å². The number of rotatable bonds is 15. The van der Waals surface area contributed by atoms with Crippen molar-refractivity contribution >= 4 is 35.2 Å². The van der Waals surface area contributed by atoms with E-state index in [9.17, 15) is 4.79 Å². The summed E-state index contributed by atoms with van der Waals surface area (Å²) in [5.74, 6) is 3.29. The zero-order valence-electron chi connectivity index (χ0n) is 24.6. The molecule has 224 valence electrons. The maximum Gasteiger partial charge on any atom is 0.248 e. The van der Waals surface area contributed by atoms with Crippen molar-refractivity contribution in [3.63, 3.8) is 0 Å². The predicted octanol–water partition coefficient (Wildman–Crippen LogP) is 7.20. The Hall–Kier alpha value is -2.19. The average molecular weight is 601 g/mol. The number of carbonyl (C=O) groups is 1. The van der Waals surface area contributed by atoms with Gasteiger partial charge < -0.3 is 24.3 Å². The highest BCUT2D eigenvalue weighted by molar-refractivity contribution is 7.94. The first-order chi connectivity index (χ1) is 19.9. The molecule has 4 rings (SSSR count). The number of hydrogen-bond acceptors (Lipinski definition) is 6. The molecule has 41 heavy (non-hydrogen) atoms. The molecule has 8 heteroatoms. The lowest BCUT2D eigenvalue weighted by Gasteiger charge is -2.43. The van der Waals surface area contributed by atoms with Crippen molar-refractivity contribution in [2.45, 2.75) is 51.6 Å². The van der Waals surface area contributed by atoms with E-state index in [1.807, 2.05) is 31.4 Å². The van der Waals surface area contributed by atoms with E-state index in [-0.39, 0.29) is 6.10 Å². The minimum absolute atomic E-state index is 0.101. The number of amides is 1. The van der Waals surface area contributed by atoms with Crippen LogP contribution >= 0.6 is 23.6 Å². The van der Waals surface area contributed by atoms with E-state index in [0.717, 1.165) is 67.4 Å². The number of benzene rings is 2. The molecule has 2 N–H and O–H groups in total. The van der Waals surface area contributed by atoms with Gasteiger partial charge in [0.1, 0.15) is 5.75 Å². The smallest absolute Gasteiger partial charge is 0.248 e. The van der Waals surface area contributed by atoms with Gasteiger partial charge >= 0.3 is 0 Å². The van der Waals surface area contributed by atoms with Gasteiger partial charge in [-0.3, -0.25) is 4.79 Å². The monoisotopic (exact) mass is 600 g/mol. The van der Waals surface area contributed by atoms with Crippen LogP contribution in [0.4, 0.5) is 5.69 Å². The summed E-state index contributed by atoms with van der Waals surface area (Å²) in [6.45, 7) is 4.69. The minimum atomic E-state index is -0.417. The third kappa shape index (κ3) is 9.15. The predicted molar refractivity (Wildman–Crippen MR) is 170 cm³/mol. The number of halogens is 1. The van der Waals surface area contributed by atoms with Crippen LogP contribution in [0.5, 0.6) is 5.75 Å². The summed E-state index contributed by atoms with van der Waals surface area (Å²) in [6, 6.07) is 13.7. The number of carbonyl (C=O) groups excluding carboxylic acids is 1. The van der Waals surface area contributed by atoms with Crippen molar-refractivity contribution in [1.82, 2.24) is 0 Å². The van der Waals surface area contributed by atoms with Gasteiger partial charge in [0.15, 0.2) is 0 Å². The summed E-state index contributed by atoms with van der Waals surface area (Å²) in [7, 11) is 3.54. The normalized spacial score (nSPS) is 22.0. The van der Waals surface area contributed by atoms with E-state index in [2.05, 4.69) is 36.1 Å². The summed E-state index contributed by atoms with van der Waals surface area (Å²) >= 11 is 7.70. The molecule has 1 saturated carbocycles. The molecule has 5 atom stereocenters. The van der Waals surface area contributed by atoms with Crippen molar-refractivity contribution in [1.29, 1.82) is 0 Å². The van der Waals surface area contributed by atoms with Crippen LogP contribution < -0.4 is 15.4 Å². The first kappa shape index (κ1) is 31.7. The second-order valence-electron chi connectivity index (χ2n) is 11.6. The first-order valence-corrected chi connectivity index (χ1v) is 16.1. The number of hydrogen-bond donors (Lipinski definition) is 1. The van der Waals surface area contributed by atoms with Crippen molar-refractivity contribution in [2.75, 3.05) is 44.6 Å². The molecule has 0 aromatic heterocycles. The second kappa shape index (κ2) is 15.9. The number of nitrogens with zero attached hydrogens (tertiary/aromatic N) is 1. The lowest BCUT2D eigenvalue weighted by Crippen LogP contribution is -2.44. The average Bonchev–Trinajstić information content (AvgIpc) is 3.12. The third-order valence-electron chi connectivity index (χ3n) is 8.46. The molecule has 1 unspecified atom stereocenters. The Morgan fingerprint density at radius 2 is 2.10 bits per heavy atom. The molecular formula is C33H45ClN2O4S. The highest BCUT2D eigenvalue weighted by Crippen LogP contribution is 2.42. The molecule has 0 bridgehead atoms. The molecule has 6 nitrogen and oxygen atoms in total. The van der Waals surface area contributed by atoms with Crippen LogP contribution in [0.15, 0.2) is 54.6 Å². The zero-order valence-corrected chi connectivity index (χ0v) is 26.2. The summed E-state index contributed by atoms with van der Waals surface area (Å²) in [5.41, 5.74) is 8.41. The van der Waals surface area contributed by atoms with E-state index in [1.165, 1.54) is 24.0 Å². The molecule has 2 aliphatic rings. The van der Waals surface area contributed by atoms with E-state index >= 15 is 0 Å². The summed E-state index contributed by atoms with van der Waals surface area (Å²) in [5, 5.41) is 0.783. The maximum absolute atomic E-state index is 12.0. The van der Waals surface area contributed by atoms with E-state index in [4.69, 9.17) is 31.0 Å². The number of allylic oxidation sites excluding steroid dienone is 1. The van der Waals surface area contributed by atoms with Crippen LogP contribution in [0.3, 0.4) is 0 Å². The van der Waals surface area contributed by atoms with Crippen molar-refractivity contribution < 1.29 is 18.5 Å².